The van der Waals surface area contributed by atoms with Crippen molar-refractivity contribution in [3.05, 3.63) is 22.6 Å². The van der Waals surface area contributed by atoms with Crippen LogP contribution in [0.1, 0.15) is 37.2 Å². The standard InChI is InChI=1S/C12H16BrNO4/c1-3-4-8(2)14-11(15)7-17-12(16)9-5-6-10(13)18-9/h5-6,8H,3-4,7H2,1-2H3,(H,14,15). The number of nitrogens with one attached hydrogen (secondary N) is 1. The summed E-state index contributed by atoms with van der Waals surface area (Å²) in [7, 11) is 0. The SMILES string of the molecule is CCCC(C)NC(=O)COC(=O)c1ccc(Br)o1. The summed E-state index contributed by atoms with van der Waals surface area (Å²) in [6, 6.07) is 3.14. The van der Waals surface area contributed by atoms with Crippen molar-refractivity contribution in [3.63, 3.8) is 0 Å². The number of furan rings is 1. The van der Waals surface area contributed by atoms with Crippen LogP contribution in [0, 0.1) is 0 Å². The molecule has 1 heterocycles. The van der Waals surface area contributed by atoms with Gasteiger partial charge in [-0.15, -0.1) is 0 Å². The van der Waals surface area contributed by atoms with Gasteiger partial charge in [0.05, 0.1) is 0 Å². The van der Waals surface area contributed by atoms with Gasteiger partial charge in [-0.2, -0.15) is 0 Å². The van der Waals surface area contributed by atoms with E-state index in [9.17, 15) is 9.59 Å². The van der Waals surface area contributed by atoms with Gasteiger partial charge in [-0.05, 0) is 41.4 Å². The monoisotopic (exact) mass is 317 g/mol. The second-order valence-corrected chi connectivity index (χ2v) is 4.72. The Bertz CT molecular complexity index is 416. The molecule has 5 nitrogen and oxygen atoms in total. The molecule has 1 aromatic rings. The van der Waals surface area contributed by atoms with Gasteiger partial charge in [0.1, 0.15) is 0 Å². The van der Waals surface area contributed by atoms with Gasteiger partial charge in [-0.3, -0.25) is 4.79 Å². The van der Waals surface area contributed by atoms with Crippen molar-refractivity contribution < 1.29 is 18.7 Å². The first-order chi connectivity index (χ1) is 8.52. The van der Waals surface area contributed by atoms with Gasteiger partial charge in [0, 0.05) is 6.04 Å². The number of esters is 1. The number of hydrogen-bond acceptors (Lipinski definition) is 4. The van der Waals surface area contributed by atoms with E-state index in [0.717, 1.165) is 12.8 Å². The Kier molecular flexibility index (Phi) is 5.91. The van der Waals surface area contributed by atoms with Gasteiger partial charge in [-0.1, -0.05) is 13.3 Å². The maximum atomic E-state index is 11.5. The zero-order valence-electron chi connectivity index (χ0n) is 10.4. The fourth-order valence-corrected chi connectivity index (χ4v) is 1.75. The van der Waals surface area contributed by atoms with Crippen LogP contribution in [0.15, 0.2) is 21.2 Å². The number of hydrogen-bond donors (Lipinski definition) is 1. The van der Waals surface area contributed by atoms with Crippen molar-refractivity contribution in [1.29, 1.82) is 0 Å². The number of carbonyl (C=O) groups is 2. The van der Waals surface area contributed by atoms with Crippen LogP contribution in [0.3, 0.4) is 0 Å². The molecule has 1 unspecified atom stereocenters. The van der Waals surface area contributed by atoms with E-state index in [1.807, 2.05) is 13.8 Å². The molecule has 1 amide bonds. The molecular weight excluding hydrogens is 302 g/mol. The highest BCUT2D eigenvalue weighted by Crippen LogP contribution is 2.14. The summed E-state index contributed by atoms with van der Waals surface area (Å²) in [5.41, 5.74) is 0. The number of ether oxygens (including phenoxy) is 1. The predicted octanol–water partition coefficient (Wildman–Crippen LogP) is 2.50. The molecule has 0 aliphatic heterocycles. The lowest BCUT2D eigenvalue weighted by Crippen LogP contribution is -2.35. The average molecular weight is 318 g/mol. The van der Waals surface area contributed by atoms with Gasteiger partial charge in [-0.25, -0.2) is 4.79 Å². The number of halogens is 1. The Morgan fingerprint density at radius 3 is 2.78 bits per heavy atom. The fraction of sp³-hybridized carbons (Fsp3) is 0.500. The van der Waals surface area contributed by atoms with Crippen molar-refractivity contribution in [1.82, 2.24) is 5.32 Å². The second kappa shape index (κ2) is 7.20. The van der Waals surface area contributed by atoms with E-state index >= 15 is 0 Å². The van der Waals surface area contributed by atoms with E-state index in [1.54, 1.807) is 6.07 Å². The minimum absolute atomic E-state index is 0.0660. The molecule has 0 aliphatic rings. The molecule has 0 saturated carbocycles. The van der Waals surface area contributed by atoms with E-state index < -0.39 is 5.97 Å². The molecule has 1 N–H and O–H groups in total. The minimum atomic E-state index is -0.654. The second-order valence-electron chi connectivity index (χ2n) is 3.94. The van der Waals surface area contributed by atoms with Gasteiger partial charge in [0.25, 0.3) is 5.91 Å². The molecule has 18 heavy (non-hydrogen) atoms. The van der Waals surface area contributed by atoms with Crippen LogP contribution in [-0.2, 0) is 9.53 Å². The van der Waals surface area contributed by atoms with Crippen molar-refractivity contribution in [2.24, 2.45) is 0 Å². The van der Waals surface area contributed by atoms with Gasteiger partial charge < -0.3 is 14.5 Å². The number of carbonyl (C=O) groups excluding carboxylic acids is 2. The Hall–Kier alpha value is -1.30. The van der Waals surface area contributed by atoms with Crippen LogP contribution in [0.5, 0.6) is 0 Å². The molecule has 6 heteroatoms. The summed E-state index contributed by atoms with van der Waals surface area (Å²) in [6.07, 6.45) is 1.88. The van der Waals surface area contributed by atoms with E-state index in [0.29, 0.717) is 4.67 Å². The molecule has 0 bridgehead atoms. The topological polar surface area (TPSA) is 68.5 Å². The lowest BCUT2D eigenvalue weighted by molar-refractivity contribution is -0.124. The molecule has 1 rings (SSSR count). The minimum Gasteiger partial charge on any atom is -0.450 e. The number of rotatable bonds is 6. The van der Waals surface area contributed by atoms with Crippen LogP contribution in [0.2, 0.25) is 0 Å². The quantitative estimate of drug-likeness (QED) is 0.818. The van der Waals surface area contributed by atoms with Crippen molar-refractivity contribution in [3.8, 4) is 0 Å². The van der Waals surface area contributed by atoms with E-state index in [-0.39, 0.29) is 24.3 Å². The van der Waals surface area contributed by atoms with E-state index in [2.05, 4.69) is 21.2 Å². The Labute approximate surface area is 114 Å². The molecule has 0 spiro atoms. The van der Waals surface area contributed by atoms with Crippen molar-refractivity contribution >= 4 is 27.8 Å². The lowest BCUT2D eigenvalue weighted by atomic mass is 10.2. The highest BCUT2D eigenvalue weighted by molar-refractivity contribution is 9.10. The molecule has 0 fully saturated rings. The Morgan fingerprint density at radius 1 is 1.50 bits per heavy atom. The first kappa shape index (κ1) is 14.8. The van der Waals surface area contributed by atoms with Crippen LogP contribution in [0.25, 0.3) is 0 Å². The van der Waals surface area contributed by atoms with Crippen LogP contribution in [0.4, 0.5) is 0 Å². The van der Waals surface area contributed by atoms with Crippen molar-refractivity contribution in [2.45, 2.75) is 32.7 Å². The highest BCUT2D eigenvalue weighted by Gasteiger charge is 2.14. The zero-order valence-corrected chi connectivity index (χ0v) is 12.0. The smallest absolute Gasteiger partial charge is 0.374 e. The fourth-order valence-electron chi connectivity index (χ4n) is 1.45. The summed E-state index contributed by atoms with van der Waals surface area (Å²) in [5.74, 6) is -0.898. The maximum absolute atomic E-state index is 11.5. The molecule has 0 radical (unpaired) electrons. The molecule has 1 atom stereocenters. The zero-order chi connectivity index (χ0) is 13.5. The summed E-state index contributed by atoms with van der Waals surface area (Å²) < 4.78 is 10.3. The summed E-state index contributed by atoms with van der Waals surface area (Å²) >= 11 is 3.08. The highest BCUT2D eigenvalue weighted by atomic mass is 79.9. The van der Waals surface area contributed by atoms with Gasteiger partial charge in [0.2, 0.25) is 5.76 Å². The third-order valence-electron chi connectivity index (χ3n) is 2.24. The molecule has 100 valence electrons. The van der Waals surface area contributed by atoms with Crippen molar-refractivity contribution in [2.75, 3.05) is 6.61 Å². The van der Waals surface area contributed by atoms with Crippen LogP contribution in [-0.4, -0.2) is 24.5 Å². The normalized spacial score (nSPS) is 11.9. The van der Waals surface area contributed by atoms with Crippen LogP contribution >= 0.6 is 15.9 Å². The average Bonchev–Trinajstić information content (AvgIpc) is 2.73. The summed E-state index contributed by atoms with van der Waals surface area (Å²) in [4.78, 5) is 22.9. The van der Waals surface area contributed by atoms with Gasteiger partial charge >= 0.3 is 5.97 Å². The van der Waals surface area contributed by atoms with E-state index in [1.165, 1.54) is 6.07 Å². The first-order valence-corrected chi connectivity index (χ1v) is 6.54. The third kappa shape index (κ3) is 4.91. The Morgan fingerprint density at radius 2 is 2.22 bits per heavy atom. The Balaban J connectivity index is 2.32. The lowest BCUT2D eigenvalue weighted by Gasteiger charge is -2.12. The van der Waals surface area contributed by atoms with Gasteiger partial charge in [0.15, 0.2) is 11.3 Å². The van der Waals surface area contributed by atoms with Crippen LogP contribution < -0.4 is 5.32 Å². The largest absolute Gasteiger partial charge is 0.450 e. The molecule has 0 aliphatic carbocycles. The predicted molar refractivity (Wildman–Crippen MR) is 69.2 cm³/mol. The molecule has 1 aromatic heterocycles. The first-order valence-electron chi connectivity index (χ1n) is 5.74. The third-order valence-corrected chi connectivity index (χ3v) is 2.66. The maximum Gasteiger partial charge on any atom is 0.374 e. The number of amides is 1. The molecular formula is C12H16BrNO4. The molecule has 0 saturated heterocycles. The summed E-state index contributed by atoms with van der Waals surface area (Å²) in [5, 5.41) is 2.74. The van der Waals surface area contributed by atoms with E-state index in [4.69, 9.17) is 9.15 Å². The molecule has 0 aromatic carbocycles. The summed E-state index contributed by atoms with van der Waals surface area (Å²) in [6.45, 7) is 3.65.